The molecule has 1 heterocycles. The standard InChI is InChI=1S/C23H40O2/c1-3-4-18-5-7-19(8-6-18)9-10-20-11-16-23(25-17-20)21-12-14-22(24-2)15-13-21/h9-10,18-23H,3-8,11-17H2,1-2H3. The normalized spacial score (nSPS) is 40.4. The van der Waals surface area contributed by atoms with Crippen molar-refractivity contribution in [1.82, 2.24) is 0 Å². The Hall–Kier alpha value is -0.340. The van der Waals surface area contributed by atoms with E-state index in [1.54, 1.807) is 0 Å². The second-order valence-corrected chi connectivity index (χ2v) is 8.94. The molecule has 0 aromatic heterocycles. The molecule has 2 aliphatic carbocycles. The molecule has 0 bridgehead atoms. The van der Waals surface area contributed by atoms with Crippen LogP contribution in [0.3, 0.4) is 0 Å². The molecule has 2 saturated carbocycles. The second kappa shape index (κ2) is 10.1. The van der Waals surface area contributed by atoms with E-state index < -0.39 is 0 Å². The van der Waals surface area contributed by atoms with Crippen LogP contribution in [-0.4, -0.2) is 25.9 Å². The summed E-state index contributed by atoms with van der Waals surface area (Å²) in [5.74, 6) is 3.31. The first-order valence-corrected chi connectivity index (χ1v) is 11.1. The van der Waals surface area contributed by atoms with Gasteiger partial charge in [-0.15, -0.1) is 0 Å². The molecular weight excluding hydrogens is 308 g/mol. The predicted octanol–water partition coefficient (Wildman–Crippen LogP) is 6.15. The van der Waals surface area contributed by atoms with Crippen LogP contribution in [0, 0.1) is 23.7 Å². The molecule has 2 atom stereocenters. The van der Waals surface area contributed by atoms with Crippen molar-refractivity contribution in [2.75, 3.05) is 13.7 Å². The minimum absolute atomic E-state index is 0.503. The van der Waals surface area contributed by atoms with Crippen molar-refractivity contribution in [2.45, 2.75) is 96.2 Å². The number of hydrogen-bond acceptors (Lipinski definition) is 2. The molecule has 2 unspecified atom stereocenters. The quantitative estimate of drug-likeness (QED) is 0.536. The van der Waals surface area contributed by atoms with Gasteiger partial charge in [0.15, 0.2) is 0 Å². The average molecular weight is 349 g/mol. The van der Waals surface area contributed by atoms with Crippen LogP contribution in [0.5, 0.6) is 0 Å². The largest absolute Gasteiger partial charge is 0.381 e. The summed E-state index contributed by atoms with van der Waals surface area (Å²) in [6.07, 6.45) is 22.3. The zero-order valence-corrected chi connectivity index (χ0v) is 16.6. The van der Waals surface area contributed by atoms with Crippen LogP contribution >= 0.6 is 0 Å². The zero-order chi connectivity index (χ0) is 17.5. The van der Waals surface area contributed by atoms with Crippen LogP contribution < -0.4 is 0 Å². The highest BCUT2D eigenvalue weighted by Crippen LogP contribution is 2.36. The fourth-order valence-corrected chi connectivity index (χ4v) is 5.40. The van der Waals surface area contributed by atoms with Gasteiger partial charge in [-0.05, 0) is 82.0 Å². The van der Waals surface area contributed by atoms with E-state index in [0.29, 0.717) is 18.1 Å². The van der Waals surface area contributed by atoms with E-state index in [1.807, 2.05) is 7.11 Å². The Balaban J connectivity index is 1.34. The molecule has 25 heavy (non-hydrogen) atoms. The van der Waals surface area contributed by atoms with Crippen molar-refractivity contribution in [2.24, 2.45) is 23.7 Å². The molecule has 0 amide bonds. The number of hydrogen-bond donors (Lipinski definition) is 0. The zero-order valence-electron chi connectivity index (χ0n) is 16.6. The molecule has 0 N–H and O–H groups in total. The molecule has 144 valence electrons. The summed E-state index contributed by atoms with van der Waals surface area (Å²) < 4.78 is 11.8. The van der Waals surface area contributed by atoms with Gasteiger partial charge >= 0.3 is 0 Å². The molecule has 0 spiro atoms. The van der Waals surface area contributed by atoms with E-state index >= 15 is 0 Å². The van der Waals surface area contributed by atoms with Crippen molar-refractivity contribution in [3.63, 3.8) is 0 Å². The van der Waals surface area contributed by atoms with E-state index in [0.717, 1.165) is 24.4 Å². The van der Waals surface area contributed by atoms with Gasteiger partial charge in [-0.2, -0.15) is 0 Å². The van der Waals surface area contributed by atoms with Crippen molar-refractivity contribution in [1.29, 1.82) is 0 Å². The lowest BCUT2D eigenvalue weighted by Crippen LogP contribution is -2.35. The molecule has 1 aliphatic heterocycles. The molecule has 0 aromatic carbocycles. The SMILES string of the molecule is CCCC1CCC(C=CC2CCC(C3CCC(OC)CC3)OC2)CC1. The lowest BCUT2D eigenvalue weighted by Gasteiger charge is -2.37. The Morgan fingerprint density at radius 3 is 2.12 bits per heavy atom. The summed E-state index contributed by atoms with van der Waals surface area (Å²) in [6.45, 7) is 3.28. The fourth-order valence-electron chi connectivity index (χ4n) is 5.40. The van der Waals surface area contributed by atoms with Gasteiger partial charge in [0.2, 0.25) is 0 Å². The maximum Gasteiger partial charge on any atom is 0.0603 e. The van der Waals surface area contributed by atoms with Crippen LogP contribution in [-0.2, 0) is 9.47 Å². The summed E-state index contributed by atoms with van der Waals surface area (Å²) in [5.41, 5.74) is 0. The van der Waals surface area contributed by atoms with E-state index in [1.165, 1.54) is 77.0 Å². The predicted molar refractivity (Wildman–Crippen MR) is 105 cm³/mol. The lowest BCUT2D eigenvalue weighted by molar-refractivity contribution is -0.0582. The van der Waals surface area contributed by atoms with Crippen molar-refractivity contribution >= 4 is 0 Å². The van der Waals surface area contributed by atoms with Crippen LogP contribution in [0.1, 0.15) is 84.0 Å². The number of ether oxygens (including phenoxy) is 2. The van der Waals surface area contributed by atoms with Gasteiger partial charge in [0.05, 0.1) is 18.8 Å². The van der Waals surface area contributed by atoms with Crippen molar-refractivity contribution < 1.29 is 9.47 Å². The molecule has 1 saturated heterocycles. The third-order valence-electron chi connectivity index (χ3n) is 7.17. The Morgan fingerprint density at radius 2 is 1.52 bits per heavy atom. The van der Waals surface area contributed by atoms with Gasteiger partial charge in [-0.1, -0.05) is 31.9 Å². The Labute approximate surface area is 155 Å². The van der Waals surface area contributed by atoms with Gasteiger partial charge in [-0.25, -0.2) is 0 Å². The highest BCUT2D eigenvalue weighted by molar-refractivity contribution is 4.96. The lowest BCUT2D eigenvalue weighted by atomic mass is 9.79. The maximum atomic E-state index is 6.30. The average Bonchev–Trinajstić information content (AvgIpc) is 2.68. The first-order valence-electron chi connectivity index (χ1n) is 11.1. The molecule has 0 radical (unpaired) electrons. The Bertz CT molecular complexity index is 381. The molecule has 3 rings (SSSR count). The highest BCUT2D eigenvalue weighted by Gasteiger charge is 2.31. The summed E-state index contributed by atoms with van der Waals surface area (Å²) in [4.78, 5) is 0. The van der Waals surface area contributed by atoms with Crippen molar-refractivity contribution in [3.05, 3.63) is 12.2 Å². The Kier molecular flexibility index (Phi) is 7.86. The first kappa shape index (κ1) is 19.4. The van der Waals surface area contributed by atoms with E-state index in [2.05, 4.69) is 19.1 Å². The number of rotatable bonds is 6. The molecule has 2 nitrogen and oxygen atoms in total. The second-order valence-electron chi connectivity index (χ2n) is 8.94. The van der Waals surface area contributed by atoms with E-state index in [4.69, 9.17) is 9.47 Å². The van der Waals surface area contributed by atoms with E-state index in [9.17, 15) is 0 Å². The number of methoxy groups -OCH3 is 1. The molecular formula is C23H40O2. The van der Waals surface area contributed by atoms with Gasteiger partial charge in [-0.3, -0.25) is 0 Å². The van der Waals surface area contributed by atoms with Crippen LogP contribution in [0.2, 0.25) is 0 Å². The minimum atomic E-state index is 0.503. The Morgan fingerprint density at radius 1 is 0.840 bits per heavy atom. The van der Waals surface area contributed by atoms with Crippen molar-refractivity contribution in [3.8, 4) is 0 Å². The molecule has 0 aromatic rings. The van der Waals surface area contributed by atoms with Gasteiger partial charge in [0.1, 0.15) is 0 Å². The highest BCUT2D eigenvalue weighted by atomic mass is 16.5. The van der Waals surface area contributed by atoms with Crippen LogP contribution in [0.25, 0.3) is 0 Å². The first-order chi connectivity index (χ1) is 12.3. The van der Waals surface area contributed by atoms with Crippen LogP contribution in [0.15, 0.2) is 12.2 Å². The van der Waals surface area contributed by atoms with Crippen LogP contribution in [0.4, 0.5) is 0 Å². The smallest absolute Gasteiger partial charge is 0.0603 e. The summed E-state index contributed by atoms with van der Waals surface area (Å²) in [6, 6.07) is 0. The van der Waals surface area contributed by atoms with E-state index in [-0.39, 0.29) is 0 Å². The fraction of sp³-hybridized carbons (Fsp3) is 0.913. The van der Waals surface area contributed by atoms with Gasteiger partial charge in [0.25, 0.3) is 0 Å². The molecule has 3 fully saturated rings. The topological polar surface area (TPSA) is 18.5 Å². The third kappa shape index (κ3) is 5.82. The van der Waals surface area contributed by atoms with Gasteiger partial charge in [0, 0.05) is 13.0 Å². The summed E-state index contributed by atoms with van der Waals surface area (Å²) in [5, 5.41) is 0. The van der Waals surface area contributed by atoms with Gasteiger partial charge < -0.3 is 9.47 Å². The molecule has 3 aliphatic rings. The summed E-state index contributed by atoms with van der Waals surface area (Å²) in [7, 11) is 1.86. The monoisotopic (exact) mass is 348 g/mol. The number of allylic oxidation sites excluding steroid dienone is 1. The molecule has 2 heteroatoms. The maximum absolute atomic E-state index is 6.30. The minimum Gasteiger partial charge on any atom is -0.381 e. The third-order valence-corrected chi connectivity index (χ3v) is 7.17. The summed E-state index contributed by atoms with van der Waals surface area (Å²) >= 11 is 0.